The average molecular weight is 613 g/mol. The van der Waals surface area contributed by atoms with Crippen LogP contribution < -0.4 is 4.90 Å². The summed E-state index contributed by atoms with van der Waals surface area (Å²) in [7, 11) is 0. The second-order valence-electron chi connectivity index (χ2n) is 12.2. The summed E-state index contributed by atoms with van der Waals surface area (Å²) < 4.78 is 2.42. The molecule has 1 heterocycles. The normalized spacial score (nSPS) is 11.3. The summed E-state index contributed by atoms with van der Waals surface area (Å²) in [6, 6.07) is 69.8. The molecule has 0 N–H and O–H groups in total. The van der Waals surface area contributed by atoms with Crippen molar-refractivity contribution in [2.75, 3.05) is 4.90 Å². The fraction of sp³-hybridized carbons (Fsp3) is 0. The van der Waals surface area contributed by atoms with Crippen LogP contribution in [0.3, 0.4) is 0 Å². The molecule has 0 amide bonds. The Morgan fingerprint density at radius 1 is 0.333 bits per heavy atom. The smallest absolute Gasteiger partial charge is 0.0619 e. The van der Waals surface area contributed by atoms with Gasteiger partial charge in [-0.25, -0.2) is 0 Å². The molecular weight excluding hydrogens is 581 g/mol. The molecule has 9 rings (SSSR count). The number of anilines is 3. The van der Waals surface area contributed by atoms with Gasteiger partial charge in [-0.1, -0.05) is 140 Å². The predicted molar refractivity (Wildman–Crippen MR) is 204 cm³/mol. The maximum absolute atomic E-state index is 2.42. The van der Waals surface area contributed by atoms with E-state index in [0.29, 0.717) is 0 Å². The molecule has 9 aromatic rings. The SMILES string of the molecule is c1ccc(-c2ccc(-c3cccc(N(c4ccccc4)c4ccc(-n5c6ccccc6c6ccc7ccccc7c65)cc4)c3)cc2)cc1. The van der Waals surface area contributed by atoms with Gasteiger partial charge in [0, 0.05) is 38.9 Å². The van der Waals surface area contributed by atoms with E-state index in [1.165, 1.54) is 54.8 Å². The molecule has 2 heteroatoms. The summed E-state index contributed by atoms with van der Waals surface area (Å²) in [6.45, 7) is 0. The third-order valence-electron chi connectivity index (χ3n) is 9.37. The molecule has 0 saturated carbocycles. The Labute approximate surface area is 280 Å². The second kappa shape index (κ2) is 11.8. The summed E-state index contributed by atoms with van der Waals surface area (Å²) in [5, 5.41) is 5.04. The lowest BCUT2D eigenvalue weighted by atomic mass is 10.00. The second-order valence-corrected chi connectivity index (χ2v) is 12.2. The standard InChI is InChI=1S/C46H32N2/c1-3-12-33(13-4-1)34-22-24-35(25-23-34)37-15-11-18-41(32-37)47(38-16-5-2-6-17-38)39-27-29-40(30-28-39)48-45-21-10-9-20-43(45)44-31-26-36-14-7-8-19-42(36)46(44)48/h1-32H. The van der Waals surface area contributed by atoms with Crippen molar-refractivity contribution in [3.05, 3.63) is 194 Å². The molecule has 0 radical (unpaired) electrons. The molecule has 0 aliphatic heterocycles. The Morgan fingerprint density at radius 2 is 0.896 bits per heavy atom. The molecule has 0 spiro atoms. The quantitative estimate of drug-likeness (QED) is 0.181. The molecule has 0 unspecified atom stereocenters. The minimum atomic E-state index is 1.10. The number of nitrogens with zero attached hydrogens (tertiary/aromatic N) is 2. The third-order valence-corrected chi connectivity index (χ3v) is 9.37. The highest BCUT2D eigenvalue weighted by atomic mass is 15.1. The molecule has 226 valence electrons. The molecule has 0 fully saturated rings. The molecular formula is C46H32N2. The van der Waals surface area contributed by atoms with Crippen LogP contribution in [0.1, 0.15) is 0 Å². The number of para-hydroxylation sites is 2. The molecule has 1 aromatic heterocycles. The number of fused-ring (bicyclic) bond motifs is 5. The van der Waals surface area contributed by atoms with Gasteiger partial charge in [0.25, 0.3) is 0 Å². The Morgan fingerprint density at radius 3 is 1.67 bits per heavy atom. The number of benzene rings is 8. The Bertz CT molecular complexity index is 2530. The highest BCUT2D eigenvalue weighted by Crippen LogP contribution is 2.40. The van der Waals surface area contributed by atoms with Crippen LogP contribution in [0.2, 0.25) is 0 Å². The van der Waals surface area contributed by atoms with Crippen LogP contribution in [0, 0.1) is 0 Å². The van der Waals surface area contributed by atoms with Gasteiger partial charge in [0.05, 0.1) is 11.0 Å². The first kappa shape index (κ1) is 27.9. The zero-order valence-corrected chi connectivity index (χ0v) is 26.4. The summed E-state index contributed by atoms with van der Waals surface area (Å²) >= 11 is 0. The number of aromatic nitrogens is 1. The highest BCUT2D eigenvalue weighted by molar-refractivity contribution is 6.18. The molecule has 8 aromatic carbocycles. The van der Waals surface area contributed by atoms with Crippen molar-refractivity contribution >= 4 is 49.6 Å². The van der Waals surface area contributed by atoms with Gasteiger partial charge in [-0.3, -0.25) is 0 Å². The summed E-state index contributed by atoms with van der Waals surface area (Å²) in [5.41, 5.74) is 11.7. The predicted octanol–water partition coefficient (Wildman–Crippen LogP) is 12.7. The lowest BCUT2D eigenvalue weighted by molar-refractivity contribution is 1.18. The first-order valence-electron chi connectivity index (χ1n) is 16.4. The van der Waals surface area contributed by atoms with Gasteiger partial charge in [-0.15, -0.1) is 0 Å². The van der Waals surface area contributed by atoms with Crippen LogP contribution in [0.25, 0.3) is 60.5 Å². The van der Waals surface area contributed by atoms with Gasteiger partial charge in [-0.05, 0) is 82.2 Å². The van der Waals surface area contributed by atoms with Crippen molar-refractivity contribution in [1.82, 2.24) is 4.57 Å². The van der Waals surface area contributed by atoms with Gasteiger partial charge < -0.3 is 9.47 Å². The van der Waals surface area contributed by atoms with E-state index < -0.39 is 0 Å². The maximum Gasteiger partial charge on any atom is 0.0619 e. The molecule has 0 bridgehead atoms. The minimum Gasteiger partial charge on any atom is -0.310 e. The molecule has 0 atom stereocenters. The fourth-order valence-corrected chi connectivity index (χ4v) is 7.08. The average Bonchev–Trinajstić information content (AvgIpc) is 3.51. The van der Waals surface area contributed by atoms with E-state index in [4.69, 9.17) is 0 Å². The summed E-state index contributed by atoms with van der Waals surface area (Å²) in [4.78, 5) is 2.34. The first-order valence-corrected chi connectivity index (χ1v) is 16.4. The van der Waals surface area contributed by atoms with Gasteiger partial charge in [0.1, 0.15) is 0 Å². The van der Waals surface area contributed by atoms with Crippen molar-refractivity contribution in [3.8, 4) is 27.9 Å². The third kappa shape index (κ3) is 4.83. The van der Waals surface area contributed by atoms with Crippen LogP contribution in [0.5, 0.6) is 0 Å². The van der Waals surface area contributed by atoms with Crippen molar-refractivity contribution in [1.29, 1.82) is 0 Å². The Kier molecular flexibility index (Phi) is 6.84. The summed E-state index contributed by atoms with van der Waals surface area (Å²) in [6.07, 6.45) is 0. The van der Waals surface area contributed by atoms with Crippen LogP contribution in [0.15, 0.2) is 194 Å². The largest absolute Gasteiger partial charge is 0.310 e. The number of hydrogen-bond donors (Lipinski definition) is 0. The number of hydrogen-bond acceptors (Lipinski definition) is 1. The minimum absolute atomic E-state index is 1.10. The molecule has 0 aliphatic rings. The number of rotatable bonds is 6. The zero-order valence-electron chi connectivity index (χ0n) is 26.4. The van der Waals surface area contributed by atoms with Crippen LogP contribution in [-0.2, 0) is 0 Å². The lowest BCUT2D eigenvalue weighted by Crippen LogP contribution is -2.10. The van der Waals surface area contributed by atoms with Crippen molar-refractivity contribution in [3.63, 3.8) is 0 Å². The molecule has 48 heavy (non-hydrogen) atoms. The first-order chi connectivity index (χ1) is 23.8. The maximum atomic E-state index is 2.42. The van der Waals surface area contributed by atoms with E-state index in [2.05, 4.69) is 204 Å². The molecule has 2 nitrogen and oxygen atoms in total. The van der Waals surface area contributed by atoms with Crippen molar-refractivity contribution in [2.45, 2.75) is 0 Å². The van der Waals surface area contributed by atoms with Gasteiger partial charge >= 0.3 is 0 Å². The van der Waals surface area contributed by atoms with E-state index >= 15 is 0 Å². The molecule has 0 aliphatic carbocycles. The van der Waals surface area contributed by atoms with Crippen molar-refractivity contribution in [2.24, 2.45) is 0 Å². The van der Waals surface area contributed by atoms with Crippen LogP contribution in [-0.4, -0.2) is 4.57 Å². The van der Waals surface area contributed by atoms with E-state index in [9.17, 15) is 0 Å². The Balaban J connectivity index is 1.14. The highest BCUT2D eigenvalue weighted by Gasteiger charge is 2.17. The van der Waals surface area contributed by atoms with Gasteiger partial charge in [-0.2, -0.15) is 0 Å². The van der Waals surface area contributed by atoms with Crippen LogP contribution >= 0.6 is 0 Å². The van der Waals surface area contributed by atoms with Gasteiger partial charge in [0.2, 0.25) is 0 Å². The van der Waals surface area contributed by atoms with Crippen molar-refractivity contribution < 1.29 is 0 Å². The monoisotopic (exact) mass is 612 g/mol. The van der Waals surface area contributed by atoms with Gasteiger partial charge in [0.15, 0.2) is 0 Å². The Hall–Kier alpha value is -6.38. The lowest BCUT2D eigenvalue weighted by Gasteiger charge is -2.26. The van der Waals surface area contributed by atoms with Crippen LogP contribution in [0.4, 0.5) is 17.1 Å². The topological polar surface area (TPSA) is 8.17 Å². The zero-order chi connectivity index (χ0) is 31.9. The van der Waals surface area contributed by atoms with E-state index in [-0.39, 0.29) is 0 Å². The fourth-order valence-electron chi connectivity index (χ4n) is 7.08. The van der Waals surface area contributed by atoms with E-state index in [0.717, 1.165) is 22.7 Å². The van der Waals surface area contributed by atoms with E-state index in [1.54, 1.807) is 0 Å². The van der Waals surface area contributed by atoms with E-state index in [1.807, 2.05) is 0 Å². The molecule has 0 saturated heterocycles. The summed E-state index contributed by atoms with van der Waals surface area (Å²) in [5.74, 6) is 0.